The third-order valence-electron chi connectivity index (χ3n) is 3.38. The van der Waals surface area contributed by atoms with Crippen molar-refractivity contribution in [1.82, 2.24) is 4.90 Å². The van der Waals surface area contributed by atoms with Crippen LogP contribution in [0.1, 0.15) is 39.2 Å². The molecule has 2 heteroatoms. The zero-order valence-corrected chi connectivity index (χ0v) is 12.0. The topological polar surface area (TPSA) is 15.3 Å². The van der Waals surface area contributed by atoms with Crippen LogP contribution in [0, 0.1) is 5.41 Å². The molecule has 18 heavy (non-hydrogen) atoms. The van der Waals surface area contributed by atoms with Gasteiger partial charge in [-0.15, -0.1) is 0 Å². The van der Waals surface area contributed by atoms with Crippen LogP contribution in [0.2, 0.25) is 0 Å². The largest absolute Gasteiger partial charge is 0.385 e. The van der Waals surface area contributed by atoms with E-state index in [1.807, 2.05) is 0 Å². The lowest BCUT2D eigenvalue weighted by molar-refractivity contribution is 0.331. The van der Waals surface area contributed by atoms with Crippen LogP contribution >= 0.6 is 0 Å². The maximum Gasteiger partial charge on any atom is 0.0340 e. The number of nitrogens with zero attached hydrogens (tertiary/aromatic N) is 1. The van der Waals surface area contributed by atoms with Gasteiger partial charge in [-0.25, -0.2) is 0 Å². The second-order valence-electron chi connectivity index (χ2n) is 6.59. The molecule has 1 aliphatic rings. The number of anilines is 1. The number of rotatable bonds is 4. The molecule has 1 N–H and O–H groups in total. The van der Waals surface area contributed by atoms with Crippen LogP contribution in [0.15, 0.2) is 24.3 Å². The van der Waals surface area contributed by atoms with Crippen LogP contribution < -0.4 is 5.32 Å². The van der Waals surface area contributed by atoms with Crippen LogP contribution in [0.3, 0.4) is 0 Å². The predicted molar refractivity (Wildman–Crippen MR) is 78.9 cm³/mol. The number of likely N-dealkylation sites (tertiary alicyclic amines) is 1. The Morgan fingerprint density at radius 1 is 1.06 bits per heavy atom. The van der Waals surface area contributed by atoms with E-state index in [0.29, 0.717) is 5.41 Å². The van der Waals surface area contributed by atoms with Crippen LogP contribution in [0.4, 0.5) is 5.69 Å². The van der Waals surface area contributed by atoms with E-state index in [1.54, 1.807) is 0 Å². The highest BCUT2D eigenvalue weighted by Gasteiger charge is 2.12. The first-order valence-electron chi connectivity index (χ1n) is 7.08. The second-order valence-corrected chi connectivity index (χ2v) is 6.59. The van der Waals surface area contributed by atoms with Crippen molar-refractivity contribution in [2.24, 2.45) is 5.41 Å². The lowest BCUT2D eigenvalue weighted by atomic mass is 9.97. The van der Waals surface area contributed by atoms with E-state index >= 15 is 0 Å². The summed E-state index contributed by atoms with van der Waals surface area (Å²) in [5, 5.41) is 3.49. The van der Waals surface area contributed by atoms with Crippen molar-refractivity contribution in [1.29, 1.82) is 0 Å². The normalized spacial score (nSPS) is 17.1. The standard InChI is InChI=1S/C16H26N2/c1-16(2,3)13-17-15-8-6-14(7-9-15)12-18-10-4-5-11-18/h6-9,17H,4-5,10-13H2,1-3H3. The van der Waals surface area contributed by atoms with Crippen molar-refractivity contribution in [3.63, 3.8) is 0 Å². The molecule has 0 spiro atoms. The minimum Gasteiger partial charge on any atom is -0.385 e. The number of benzene rings is 1. The highest BCUT2D eigenvalue weighted by Crippen LogP contribution is 2.17. The Balaban J connectivity index is 1.85. The molecule has 1 fully saturated rings. The Morgan fingerprint density at radius 3 is 2.22 bits per heavy atom. The summed E-state index contributed by atoms with van der Waals surface area (Å²) in [5.41, 5.74) is 2.99. The first-order valence-corrected chi connectivity index (χ1v) is 7.08. The van der Waals surface area contributed by atoms with E-state index in [0.717, 1.165) is 13.1 Å². The van der Waals surface area contributed by atoms with Crippen molar-refractivity contribution in [2.75, 3.05) is 25.0 Å². The van der Waals surface area contributed by atoms with Gasteiger partial charge in [0.05, 0.1) is 0 Å². The molecule has 0 aliphatic carbocycles. The van der Waals surface area contributed by atoms with E-state index in [4.69, 9.17) is 0 Å². The fourth-order valence-electron chi connectivity index (χ4n) is 2.29. The van der Waals surface area contributed by atoms with E-state index < -0.39 is 0 Å². The summed E-state index contributed by atoms with van der Waals surface area (Å²) in [7, 11) is 0. The molecule has 1 aromatic rings. The second kappa shape index (κ2) is 5.75. The summed E-state index contributed by atoms with van der Waals surface area (Å²) >= 11 is 0. The van der Waals surface area contributed by atoms with Gasteiger partial charge < -0.3 is 5.32 Å². The molecule has 2 rings (SSSR count). The highest BCUT2D eigenvalue weighted by atomic mass is 15.1. The molecule has 0 atom stereocenters. The van der Waals surface area contributed by atoms with Gasteiger partial charge in [0.2, 0.25) is 0 Å². The van der Waals surface area contributed by atoms with Gasteiger partial charge in [0.15, 0.2) is 0 Å². The fraction of sp³-hybridized carbons (Fsp3) is 0.625. The Kier molecular flexibility index (Phi) is 4.28. The molecule has 1 aromatic carbocycles. The third-order valence-corrected chi connectivity index (χ3v) is 3.38. The number of hydrogen-bond donors (Lipinski definition) is 1. The molecule has 0 unspecified atom stereocenters. The minimum absolute atomic E-state index is 0.328. The Bertz CT molecular complexity index is 356. The summed E-state index contributed by atoms with van der Waals surface area (Å²) < 4.78 is 0. The van der Waals surface area contributed by atoms with Gasteiger partial charge in [-0.1, -0.05) is 32.9 Å². The van der Waals surface area contributed by atoms with Crippen LogP contribution in [-0.2, 0) is 6.54 Å². The molecule has 1 saturated heterocycles. The van der Waals surface area contributed by atoms with Crippen molar-refractivity contribution < 1.29 is 0 Å². The molecule has 100 valence electrons. The van der Waals surface area contributed by atoms with Crippen molar-refractivity contribution >= 4 is 5.69 Å². The summed E-state index contributed by atoms with van der Waals surface area (Å²) in [5.74, 6) is 0. The minimum atomic E-state index is 0.328. The van der Waals surface area contributed by atoms with Gasteiger partial charge in [0.1, 0.15) is 0 Å². The van der Waals surface area contributed by atoms with Crippen molar-refractivity contribution in [3.8, 4) is 0 Å². The van der Waals surface area contributed by atoms with Crippen LogP contribution in [-0.4, -0.2) is 24.5 Å². The monoisotopic (exact) mass is 246 g/mol. The maximum absolute atomic E-state index is 3.49. The van der Waals surface area contributed by atoms with E-state index in [-0.39, 0.29) is 0 Å². The summed E-state index contributed by atoms with van der Waals surface area (Å²) in [6.07, 6.45) is 2.73. The first kappa shape index (κ1) is 13.4. The molecular formula is C16H26N2. The lowest BCUT2D eigenvalue weighted by Crippen LogP contribution is -2.19. The first-order chi connectivity index (χ1) is 8.53. The molecule has 0 amide bonds. The van der Waals surface area contributed by atoms with Crippen molar-refractivity contribution in [2.45, 2.75) is 40.2 Å². The summed E-state index contributed by atoms with van der Waals surface area (Å²) in [6, 6.07) is 8.92. The van der Waals surface area contributed by atoms with Gasteiger partial charge in [-0.05, 0) is 49.0 Å². The van der Waals surface area contributed by atoms with Gasteiger partial charge in [0.25, 0.3) is 0 Å². The quantitative estimate of drug-likeness (QED) is 0.870. The number of nitrogens with one attached hydrogen (secondary N) is 1. The zero-order chi connectivity index (χ0) is 13.0. The molecule has 1 heterocycles. The third kappa shape index (κ3) is 4.34. The molecular weight excluding hydrogens is 220 g/mol. The Labute approximate surface area is 111 Å². The van der Waals surface area contributed by atoms with Gasteiger partial charge in [0, 0.05) is 18.8 Å². The summed E-state index contributed by atoms with van der Waals surface area (Å²) in [4.78, 5) is 2.54. The SMILES string of the molecule is CC(C)(C)CNc1ccc(CN2CCCC2)cc1. The van der Waals surface area contributed by atoms with Crippen LogP contribution in [0.25, 0.3) is 0 Å². The zero-order valence-electron chi connectivity index (χ0n) is 12.0. The van der Waals surface area contributed by atoms with Gasteiger partial charge >= 0.3 is 0 Å². The fourth-order valence-corrected chi connectivity index (χ4v) is 2.29. The average molecular weight is 246 g/mol. The molecule has 0 saturated carbocycles. The van der Waals surface area contributed by atoms with E-state index in [2.05, 4.69) is 55.3 Å². The Morgan fingerprint density at radius 2 is 1.67 bits per heavy atom. The molecule has 0 radical (unpaired) electrons. The molecule has 0 aromatic heterocycles. The maximum atomic E-state index is 3.49. The average Bonchev–Trinajstić information content (AvgIpc) is 2.80. The van der Waals surface area contributed by atoms with E-state index in [1.165, 1.54) is 37.2 Å². The molecule has 1 aliphatic heterocycles. The van der Waals surface area contributed by atoms with E-state index in [9.17, 15) is 0 Å². The van der Waals surface area contributed by atoms with Crippen LogP contribution in [0.5, 0.6) is 0 Å². The Hall–Kier alpha value is -1.02. The van der Waals surface area contributed by atoms with Crippen molar-refractivity contribution in [3.05, 3.63) is 29.8 Å². The summed E-state index contributed by atoms with van der Waals surface area (Å²) in [6.45, 7) is 11.4. The van der Waals surface area contributed by atoms with Gasteiger partial charge in [-0.2, -0.15) is 0 Å². The smallest absolute Gasteiger partial charge is 0.0340 e. The van der Waals surface area contributed by atoms with Gasteiger partial charge in [-0.3, -0.25) is 4.90 Å². The number of hydrogen-bond acceptors (Lipinski definition) is 2. The predicted octanol–water partition coefficient (Wildman–Crippen LogP) is 3.74. The highest BCUT2D eigenvalue weighted by molar-refractivity contribution is 5.44. The molecule has 2 nitrogen and oxygen atoms in total. The molecule has 0 bridgehead atoms. The lowest BCUT2D eigenvalue weighted by Gasteiger charge is -2.20.